The van der Waals surface area contributed by atoms with Gasteiger partial charge in [-0.15, -0.1) is 0 Å². The number of ether oxygens (including phenoxy) is 1. The molecular weight excluding hydrogens is 307 g/mol. The number of nitrogens with zero attached hydrogens (tertiary/aromatic N) is 2. The molecule has 3 N–H and O–H groups in total. The summed E-state index contributed by atoms with van der Waals surface area (Å²) in [4.78, 5) is 4.16. The van der Waals surface area contributed by atoms with Crippen molar-refractivity contribution in [2.45, 2.75) is 24.5 Å². The summed E-state index contributed by atoms with van der Waals surface area (Å²) >= 11 is 11.9. The first-order valence-corrected chi connectivity index (χ1v) is 6.72. The van der Waals surface area contributed by atoms with Crippen molar-refractivity contribution in [3.05, 3.63) is 28.5 Å². The van der Waals surface area contributed by atoms with Crippen molar-refractivity contribution in [1.82, 2.24) is 9.55 Å². The van der Waals surface area contributed by atoms with Gasteiger partial charge < -0.3 is 24.6 Å². The maximum Gasteiger partial charge on any atom is 0.164 e. The summed E-state index contributed by atoms with van der Waals surface area (Å²) in [6.07, 6.45) is -3.06. The molecule has 3 rings (SSSR count). The van der Waals surface area contributed by atoms with Crippen LogP contribution in [-0.4, -0.2) is 49.8 Å². The van der Waals surface area contributed by atoms with Crippen LogP contribution in [0.2, 0.25) is 10.0 Å². The van der Waals surface area contributed by atoms with Crippen LogP contribution in [0.3, 0.4) is 0 Å². The first-order valence-electron chi connectivity index (χ1n) is 5.96. The Morgan fingerprint density at radius 2 is 1.85 bits per heavy atom. The van der Waals surface area contributed by atoms with E-state index in [2.05, 4.69) is 4.98 Å². The van der Waals surface area contributed by atoms with Gasteiger partial charge in [0.2, 0.25) is 0 Å². The number of hydrogen-bond acceptors (Lipinski definition) is 5. The molecule has 8 heteroatoms. The van der Waals surface area contributed by atoms with E-state index in [0.29, 0.717) is 21.1 Å². The molecule has 108 valence electrons. The maximum absolute atomic E-state index is 10.0. The Morgan fingerprint density at radius 1 is 1.15 bits per heavy atom. The van der Waals surface area contributed by atoms with Crippen molar-refractivity contribution >= 4 is 34.2 Å². The third-order valence-corrected chi connectivity index (χ3v) is 4.09. The summed E-state index contributed by atoms with van der Waals surface area (Å²) in [5, 5.41) is 29.9. The van der Waals surface area contributed by atoms with Crippen molar-refractivity contribution in [2.24, 2.45) is 0 Å². The van der Waals surface area contributed by atoms with Crippen LogP contribution in [0.4, 0.5) is 0 Å². The molecule has 1 aromatic heterocycles. The van der Waals surface area contributed by atoms with E-state index in [1.807, 2.05) is 0 Å². The van der Waals surface area contributed by atoms with E-state index in [0.717, 1.165) is 0 Å². The quantitative estimate of drug-likeness (QED) is 0.728. The number of imidazole rings is 1. The molecule has 0 bridgehead atoms. The van der Waals surface area contributed by atoms with Crippen LogP contribution in [0.5, 0.6) is 0 Å². The highest BCUT2D eigenvalue weighted by Crippen LogP contribution is 2.31. The first-order chi connectivity index (χ1) is 9.49. The molecule has 6 nitrogen and oxygen atoms in total. The second kappa shape index (κ2) is 5.14. The normalized spacial score (nSPS) is 30.9. The topological polar surface area (TPSA) is 87.7 Å². The molecule has 2 aromatic rings. The van der Waals surface area contributed by atoms with Crippen LogP contribution in [0.25, 0.3) is 11.0 Å². The van der Waals surface area contributed by atoms with Gasteiger partial charge in [-0.3, -0.25) is 0 Å². The highest BCUT2D eigenvalue weighted by Gasteiger charge is 2.39. The molecule has 1 saturated heterocycles. The number of halogens is 2. The SMILES string of the molecule is O[C@H]1[C@@H](O)COC(n2cnc3cc(Cl)c(Cl)cc32)[C@@H]1O. The lowest BCUT2D eigenvalue weighted by atomic mass is 10.0. The lowest BCUT2D eigenvalue weighted by Gasteiger charge is -2.35. The molecule has 1 unspecified atom stereocenters. The summed E-state index contributed by atoms with van der Waals surface area (Å²) in [6, 6.07) is 3.22. The van der Waals surface area contributed by atoms with Crippen LogP contribution < -0.4 is 0 Å². The summed E-state index contributed by atoms with van der Waals surface area (Å²) in [7, 11) is 0. The zero-order chi connectivity index (χ0) is 14.4. The zero-order valence-electron chi connectivity index (χ0n) is 10.1. The van der Waals surface area contributed by atoms with Gasteiger partial charge in [0.15, 0.2) is 6.23 Å². The number of aliphatic hydroxyl groups is 3. The van der Waals surface area contributed by atoms with Crippen LogP contribution in [-0.2, 0) is 4.74 Å². The monoisotopic (exact) mass is 318 g/mol. The molecule has 1 aliphatic rings. The predicted octanol–water partition coefficient (Wildman–Crippen LogP) is 0.955. The molecule has 0 spiro atoms. The van der Waals surface area contributed by atoms with Gasteiger partial charge in [0.25, 0.3) is 0 Å². The van der Waals surface area contributed by atoms with Gasteiger partial charge in [0.05, 0.1) is 34.0 Å². The zero-order valence-corrected chi connectivity index (χ0v) is 11.7. The molecule has 0 radical (unpaired) electrons. The largest absolute Gasteiger partial charge is 0.388 e. The fourth-order valence-electron chi connectivity index (χ4n) is 2.26. The smallest absolute Gasteiger partial charge is 0.164 e. The standard InChI is InChI=1S/C12H12Cl2N2O4/c13-5-1-7-8(2-6(5)14)16(4-15-7)12-11(19)10(18)9(17)3-20-12/h1-2,4,9-12,17-19H,3H2/t9-,10-,11+,12?/m0/s1. The number of aliphatic hydroxyl groups excluding tert-OH is 3. The van der Waals surface area contributed by atoms with E-state index >= 15 is 0 Å². The van der Waals surface area contributed by atoms with E-state index in [1.54, 1.807) is 16.7 Å². The van der Waals surface area contributed by atoms with Crippen LogP contribution in [0.15, 0.2) is 18.5 Å². The number of aromatic nitrogens is 2. The number of hydrogen-bond donors (Lipinski definition) is 3. The minimum Gasteiger partial charge on any atom is -0.388 e. The third-order valence-electron chi connectivity index (χ3n) is 3.37. The Labute approximate surface area is 124 Å². The highest BCUT2D eigenvalue weighted by molar-refractivity contribution is 6.42. The van der Waals surface area contributed by atoms with Crippen molar-refractivity contribution in [1.29, 1.82) is 0 Å². The van der Waals surface area contributed by atoms with Gasteiger partial charge >= 0.3 is 0 Å². The summed E-state index contributed by atoms with van der Waals surface area (Å²) in [5.41, 5.74) is 1.21. The molecule has 4 atom stereocenters. The number of fused-ring (bicyclic) bond motifs is 1. The minimum atomic E-state index is -1.28. The minimum absolute atomic E-state index is 0.0795. The van der Waals surface area contributed by atoms with Gasteiger partial charge in [-0.05, 0) is 12.1 Å². The van der Waals surface area contributed by atoms with Crippen molar-refractivity contribution < 1.29 is 20.1 Å². The first kappa shape index (κ1) is 14.1. The fraction of sp³-hybridized carbons (Fsp3) is 0.417. The van der Waals surface area contributed by atoms with Crippen LogP contribution in [0, 0.1) is 0 Å². The molecule has 0 saturated carbocycles. The molecule has 20 heavy (non-hydrogen) atoms. The number of benzene rings is 1. The van der Waals surface area contributed by atoms with Gasteiger partial charge in [-0.25, -0.2) is 4.98 Å². The lowest BCUT2D eigenvalue weighted by Crippen LogP contribution is -2.50. The maximum atomic E-state index is 10.0. The summed E-state index contributed by atoms with van der Waals surface area (Å²) < 4.78 is 6.94. The van der Waals surface area contributed by atoms with Gasteiger partial charge in [0, 0.05) is 0 Å². The molecule has 2 heterocycles. The van der Waals surface area contributed by atoms with E-state index < -0.39 is 24.5 Å². The average Bonchev–Trinajstić information content (AvgIpc) is 2.80. The van der Waals surface area contributed by atoms with Gasteiger partial charge in [-0.1, -0.05) is 23.2 Å². The molecule has 0 amide bonds. The van der Waals surface area contributed by atoms with E-state index in [9.17, 15) is 15.3 Å². The van der Waals surface area contributed by atoms with E-state index in [-0.39, 0.29) is 6.61 Å². The molecular formula is C12H12Cl2N2O4. The Bertz CT molecular complexity index is 648. The second-order valence-electron chi connectivity index (χ2n) is 4.68. The molecule has 0 aliphatic carbocycles. The molecule has 1 aliphatic heterocycles. The van der Waals surface area contributed by atoms with Crippen molar-refractivity contribution in [3.63, 3.8) is 0 Å². The Hall–Kier alpha value is -0.890. The van der Waals surface area contributed by atoms with Crippen molar-refractivity contribution in [3.8, 4) is 0 Å². The Balaban J connectivity index is 2.04. The predicted molar refractivity (Wildman–Crippen MR) is 72.8 cm³/mol. The number of rotatable bonds is 1. The Morgan fingerprint density at radius 3 is 2.60 bits per heavy atom. The third kappa shape index (κ3) is 2.18. The van der Waals surface area contributed by atoms with E-state index in [1.165, 1.54) is 6.33 Å². The molecule has 1 aromatic carbocycles. The fourth-order valence-corrected chi connectivity index (χ4v) is 2.58. The van der Waals surface area contributed by atoms with Gasteiger partial charge in [0.1, 0.15) is 18.3 Å². The summed E-state index contributed by atoms with van der Waals surface area (Å²) in [5.74, 6) is 0. The average molecular weight is 319 g/mol. The summed E-state index contributed by atoms with van der Waals surface area (Å²) in [6.45, 7) is -0.0795. The highest BCUT2D eigenvalue weighted by atomic mass is 35.5. The van der Waals surface area contributed by atoms with Gasteiger partial charge in [-0.2, -0.15) is 0 Å². The van der Waals surface area contributed by atoms with Crippen LogP contribution >= 0.6 is 23.2 Å². The van der Waals surface area contributed by atoms with E-state index in [4.69, 9.17) is 27.9 Å². The van der Waals surface area contributed by atoms with Crippen molar-refractivity contribution in [2.75, 3.05) is 6.61 Å². The second-order valence-corrected chi connectivity index (χ2v) is 5.49. The lowest BCUT2D eigenvalue weighted by molar-refractivity contribution is -0.209. The Kier molecular flexibility index (Phi) is 3.62. The molecule has 1 fully saturated rings. The van der Waals surface area contributed by atoms with Crippen LogP contribution in [0.1, 0.15) is 6.23 Å².